The molecule has 0 bridgehead atoms. The largest absolute Gasteiger partial charge is 0.360 e. The SMILES string of the molecule is CCS(=O)(=O)NCCN(C(C)=O)c1cc(C)on1. The van der Waals surface area contributed by atoms with Crippen molar-refractivity contribution in [3.05, 3.63) is 11.8 Å². The molecule has 0 fully saturated rings. The van der Waals surface area contributed by atoms with E-state index in [1.807, 2.05) is 0 Å². The summed E-state index contributed by atoms with van der Waals surface area (Å²) in [7, 11) is -3.25. The summed E-state index contributed by atoms with van der Waals surface area (Å²) >= 11 is 0. The van der Waals surface area contributed by atoms with Gasteiger partial charge in [0, 0.05) is 26.1 Å². The molecule has 1 amide bonds. The Kier molecular flexibility index (Phi) is 4.85. The van der Waals surface area contributed by atoms with E-state index in [1.54, 1.807) is 19.9 Å². The van der Waals surface area contributed by atoms with E-state index in [2.05, 4.69) is 9.88 Å². The molecule has 1 aromatic heterocycles. The van der Waals surface area contributed by atoms with E-state index in [0.717, 1.165) is 0 Å². The van der Waals surface area contributed by atoms with Crippen LogP contribution in [0.4, 0.5) is 5.82 Å². The Morgan fingerprint density at radius 1 is 1.56 bits per heavy atom. The lowest BCUT2D eigenvalue weighted by atomic mass is 10.4. The number of rotatable bonds is 6. The highest BCUT2D eigenvalue weighted by atomic mass is 32.2. The van der Waals surface area contributed by atoms with E-state index in [4.69, 9.17) is 4.52 Å². The number of aromatic nitrogens is 1. The first kappa shape index (κ1) is 14.7. The van der Waals surface area contributed by atoms with Crippen LogP contribution >= 0.6 is 0 Å². The quantitative estimate of drug-likeness (QED) is 0.804. The molecule has 7 nitrogen and oxygen atoms in total. The summed E-state index contributed by atoms with van der Waals surface area (Å²) < 4.78 is 29.8. The number of carbonyl (C=O) groups excluding carboxylic acids is 1. The molecule has 1 aromatic rings. The Hall–Kier alpha value is -1.41. The van der Waals surface area contributed by atoms with Gasteiger partial charge in [0.2, 0.25) is 15.9 Å². The van der Waals surface area contributed by atoms with Gasteiger partial charge in [0.15, 0.2) is 5.82 Å². The number of anilines is 1. The zero-order valence-corrected chi connectivity index (χ0v) is 11.5. The van der Waals surface area contributed by atoms with Crippen molar-refractivity contribution in [3.63, 3.8) is 0 Å². The lowest BCUT2D eigenvalue weighted by Gasteiger charge is -2.17. The molecule has 0 atom stereocenters. The van der Waals surface area contributed by atoms with Gasteiger partial charge >= 0.3 is 0 Å². The number of carbonyl (C=O) groups is 1. The van der Waals surface area contributed by atoms with Gasteiger partial charge in [-0.15, -0.1) is 0 Å². The lowest BCUT2D eigenvalue weighted by molar-refractivity contribution is -0.116. The lowest BCUT2D eigenvalue weighted by Crippen LogP contribution is -2.38. The van der Waals surface area contributed by atoms with Crippen LogP contribution in [0.3, 0.4) is 0 Å². The summed E-state index contributed by atoms with van der Waals surface area (Å²) in [6.45, 7) is 5.00. The second-order valence-corrected chi connectivity index (χ2v) is 5.86. The predicted octanol–water partition coefficient (Wildman–Crippen LogP) is 0.275. The molecule has 18 heavy (non-hydrogen) atoms. The molecule has 0 radical (unpaired) electrons. The molecule has 0 aliphatic heterocycles. The van der Waals surface area contributed by atoms with Gasteiger partial charge in [0.1, 0.15) is 5.76 Å². The van der Waals surface area contributed by atoms with Crippen LogP contribution in [0.1, 0.15) is 19.6 Å². The van der Waals surface area contributed by atoms with Crippen LogP contribution in [0.5, 0.6) is 0 Å². The molecule has 0 spiro atoms. The molecule has 0 aliphatic carbocycles. The Labute approximate surface area is 106 Å². The first-order valence-electron chi connectivity index (χ1n) is 5.54. The number of hydrogen-bond donors (Lipinski definition) is 1. The molecular weight excluding hydrogens is 258 g/mol. The van der Waals surface area contributed by atoms with Crippen LogP contribution in [0, 0.1) is 6.92 Å². The van der Waals surface area contributed by atoms with Crippen molar-refractivity contribution in [1.82, 2.24) is 9.88 Å². The Bertz CT molecular complexity index is 509. The van der Waals surface area contributed by atoms with Crippen LogP contribution in [0.25, 0.3) is 0 Å². The summed E-state index contributed by atoms with van der Waals surface area (Å²) in [5, 5.41) is 3.73. The molecule has 0 saturated carbocycles. The Morgan fingerprint density at radius 3 is 2.67 bits per heavy atom. The summed E-state index contributed by atoms with van der Waals surface area (Å²) in [4.78, 5) is 12.8. The van der Waals surface area contributed by atoms with E-state index in [9.17, 15) is 13.2 Å². The fraction of sp³-hybridized carbons (Fsp3) is 0.600. The molecule has 102 valence electrons. The predicted molar refractivity (Wildman–Crippen MR) is 66.7 cm³/mol. The first-order chi connectivity index (χ1) is 8.35. The molecule has 0 aromatic carbocycles. The van der Waals surface area contributed by atoms with Gasteiger partial charge < -0.3 is 4.52 Å². The van der Waals surface area contributed by atoms with Gasteiger partial charge in [-0.05, 0) is 13.8 Å². The van der Waals surface area contributed by atoms with E-state index in [1.165, 1.54) is 11.8 Å². The summed E-state index contributed by atoms with van der Waals surface area (Å²) in [5.41, 5.74) is 0. The minimum absolute atomic E-state index is 0.0101. The molecule has 1 heterocycles. The third-order valence-corrected chi connectivity index (χ3v) is 3.71. The molecule has 1 rings (SSSR count). The summed E-state index contributed by atoms with van der Waals surface area (Å²) in [5.74, 6) is 0.760. The molecule has 1 N–H and O–H groups in total. The van der Waals surface area contributed by atoms with Crippen molar-refractivity contribution < 1.29 is 17.7 Å². The van der Waals surface area contributed by atoms with Gasteiger partial charge in [0.05, 0.1) is 5.75 Å². The van der Waals surface area contributed by atoms with Crippen molar-refractivity contribution in [3.8, 4) is 0 Å². The van der Waals surface area contributed by atoms with E-state index in [0.29, 0.717) is 11.6 Å². The van der Waals surface area contributed by atoms with Crippen molar-refractivity contribution in [2.75, 3.05) is 23.7 Å². The topological polar surface area (TPSA) is 92.5 Å². The van der Waals surface area contributed by atoms with Gasteiger partial charge in [-0.25, -0.2) is 13.1 Å². The average molecular weight is 275 g/mol. The molecular formula is C10H17N3O4S. The molecule has 0 saturated heterocycles. The van der Waals surface area contributed by atoms with E-state index in [-0.39, 0.29) is 24.7 Å². The second kappa shape index (κ2) is 5.96. The van der Waals surface area contributed by atoms with Crippen molar-refractivity contribution in [1.29, 1.82) is 0 Å². The minimum Gasteiger partial charge on any atom is -0.360 e. The van der Waals surface area contributed by atoms with Crippen molar-refractivity contribution in [2.24, 2.45) is 0 Å². The number of nitrogens with one attached hydrogen (secondary N) is 1. The first-order valence-corrected chi connectivity index (χ1v) is 7.19. The average Bonchev–Trinajstić information content (AvgIpc) is 2.70. The zero-order valence-electron chi connectivity index (χ0n) is 10.6. The number of aryl methyl sites for hydroxylation is 1. The molecule has 0 unspecified atom stereocenters. The fourth-order valence-corrected chi connectivity index (χ4v) is 1.94. The molecule has 0 aliphatic rings. The highest BCUT2D eigenvalue weighted by Gasteiger charge is 2.16. The third-order valence-electron chi connectivity index (χ3n) is 2.31. The minimum atomic E-state index is -3.25. The van der Waals surface area contributed by atoms with Gasteiger partial charge in [-0.3, -0.25) is 9.69 Å². The van der Waals surface area contributed by atoms with Crippen LogP contribution < -0.4 is 9.62 Å². The maximum atomic E-state index is 11.4. The van der Waals surface area contributed by atoms with Gasteiger partial charge in [0.25, 0.3) is 0 Å². The van der Waals surface area contributed by atoms with Gasteiger partial charge in [-0.1, -0.05) is 5.16 Å². The standard InChI is InChI=1S/C10H17N3O4S/c1-4-18(15,16)11-5-6-13(9(3)14)10-7-8(2)17-12-10/h7,11H,4-6H2,1-3H3. The number of nitrogens with zero attached hydrogens (tertiary/aromatic N) is 2. The zero-order chi connectivity index (χ0) is 13.8. The monoisotopic (exact) mass is 275 g/mol. The van der Waals surface area contributed by atoms with E-state index >= 15 is 0 Å². The van der Waals surface area contributed by atoms with Crippen LogP contribution in [0.15, 0.2) is 10.6 Å². The van der Waals surface area contributed by atoms with Crippen LogP contribution in [-0.2, 0) is 14.8 Å². The second-order valence-electron chi connectivity index (χ2n) is 3.76. The van der Waals surface area contributed by atoms with Gasteiger partial charge in [-0.2, -0.15) is 0 Å². The highest BCUT2D eigenvalue weighted by molar-refractivity contribution is 7.89. The smallest absolute Gasteiger partial charge is 0.225 e. The van der Waals surface area contributed by atoms with Crippen molar-refractivity contribution in [2.45, 2.75) is 20.8 Å². The Balaban J connectivity index is 2.63. The number of sulfonamides is 1. The highest BCUT2D eigenvalue weighted by Crippen LogP contribution is 2.13. The maximum Gasteiger partial charge on any atom is 0.225 e. The van der Waals surface area contributed by atoms with Crippen LogP contribution in [0.2, 0.25) is 0 Å². The van der Waals surface area contributed by atoms with Crippen molar-refractivity contribution >= 4 is 21.7 Å². The summed E-state index contributed by atoms with van der Waals surface area (Å²) in [6.07, 6.45) is 0. The fourth-order valence-electron chi connectivity index (χ4n) is 1.33. The maximum absolute atomic E-state index is 11.4. The van der Waals surface area contributed by atoms with E-state index < -0.39 is 10.0 Å². The number of amides is 1. The normalized spacial score (nSPS) is 11.5. The summed E-state index contributed by atoms with van der Waals surface area (Å²) in [6, 6.07) is 1.62. The molecule has 8 heteroatoms. The third kappa shape index (κ3) is 4.11. The number of hydrogen-bond acceptors (Lipinski definition) is 5. The van der Waals surface area contributed by atoms with Crippen LogP contribution in [-0.4, -0.2) is 38.3 Å². The Morgan fingerprint density at radius 2 is 2.22 bits per heavy atom.